The van der Waals surface area contributed by atoms with E-state index in [-0.39, 0.29) is 11.9 Å². The van der Waals surface area contributed by atoms with Crippen LogP contribution in [0.2, 0.25) is 0 Å². The number of aromatic nitrogens is 1. The molecular weight excluding hydrogens is 236 g/mol. The van der Waals surface area contributed by atoms with Gasteiger partial charge in [0.2, 0.25) is 5.91 Å². The van der Waals surface area contributed by atoms with Gasteiger partial charge in [-0.3, -0.25) is 9.78 Å². The summed E-state index contributed by atoms with van der Waals surface area (Å²) < 4.78 is 0. The minimum atomic E-state index is 0.0991. The van der Waals surface area contributed by atoms with Crippen molar-refractivity contribution in [3.05, 3.63) is 65.5 Å². The van der Waals surface area contributed by atoms with Crippen LogP contribution in [0.4, 0.5) is 0 Å². The normalized spacial score (nSPS) is 16.1. The number of nitrogens with zero attached hydrogens (tertiary/aromatic N) is 2. The molecule has 0 saturated carbocycles. The van der Waals surface area contributed by atoms with E-state index < -0.39 is 0 Å². The Labute approximate surface area is 112 Å². The van der Waals surface area contributed by atoms with E-state index in [9.17, 15) is 4.79 Å². The molecule has 2 aromatic rings. The highest BCUT2D eigenvalue weighted by atomic mass is 16.2. The van der Waals surface area contributed by atoms with Gasteiger partial charge in [-0.2, -0.15) is 0 Å². The van der Waals surface area contributed by atoms with E-state index in [1.807, 2.05) is 29.2 Å². The van der Waals surface area contributed by atoms with E-state index in [2.05, 4.69) is 30.1 Å². The van der Waals surface area contributed by atoms with Crippen molar-refractivity contribution in [3.8, 4) is 0 Å². The zero-order chi connectivity index (χ0) is 13.2. The lowest BCUT2D eigenvalue weighted by Crippen LogP contribution is -2.38. The second-order valence-electron chi connectivity index (χ2n) is 4.89. The first-order valence-electron chi connectivity index (χ1n) is 6.53. The van der Waals surface area contributed by atoms with Gasteiger partial charge in [-0.25, -0.2) is 0 Å². The number of hydrogen-bond acceptors (Lipinski definition) is 2. The number of pyridine rings is 1. The van der Waals surface area contributed by atoms with Crippen molar-refractivity contribution < 1.29 is 4.79 Å². The van der Waals surface area contributed by atoms with E-state index in [4.69, 9.17) is 0 Å². The number of benzene rings is 1. The third-order valence-electron chi connectivity index (χ3n) is 3.71. The molecule has 0 saturated heterocycles. The average Bonchev–Trinajstić information content (AvgIpc) is 2.47. The van der Waals surface area contributed by atoms with E-state index in [0.29, 0.717) is 13.0 Å². The number of rotatable bonds is 2. The van der Waals surface area contributed by atoms with Gasteiger partial charge in [-0.05, 0) is 24.1 Å². The van der Waals surface area contributed by atoms with Gasteiger partial charge in [0.1, 0.15) is 0 Å². The van der Waals surface area contributed by atoms with Crippen molar-refractivity contribution in [2.24, 2.45) is 0 Å². The summed E-state index contributed by atoms with van der Waals surface area (Å²) >= 11 is 0. The molecule has 1 aromatic heterocycles. The van der Waals surface area contributed by atoms with Gasteiger partial charge < -0.3 is 4.90 Å². The van der Waals surface area contributed by atoms with E-state index in [1.54, 1.807) is 6.20 Å². The number of carbonyl (C=O) groups is 1. The molecule has 1 aliphatic rings. The van der Waals surface area contributed by atoms with Crippen molar-refractivity contribution in [1.82, 2.24) is 9.88 Å². The van der Waals surface area contributed by atoms with Gasteiger partial charge >= 0.3 is 0 Å². The molecule has 96 valence electrons. The number of fused-ring (bicyclic) bond motifs is 1. The quantitative estimate of drug-likeness (QED) is 0.823. The van der Waals surface area contributed by atoms with Gasteiger partial charge in [0.15, 0.2) is 0 Å². The summed E-state index contributed by atoms with van der Waals surface area (Å²) in [5.74, 6) is 0.155. The Morgan fingerprint density at radius 1 is 1.16 bits per heavy atom. The topological polar surface area (TPSA) is 33.2 Å². The molecule has 2 heterocycles. The standard InChI is InChI=1S/C16H16N2O/c1-12(13-6-3-2-4-7-13)18-11-14-8-5-9-17-15(14)10-16(18)19/h2-9,12H,10-11H2,1H3. The lowest BCUT2D eigenvalue weighted by Gasteiger charge is -2.33. The molecular formula is C16H16N2O. The van der Waals surface area contributed by atoms with Crippen LogP contribution in [0.5, 0.6) is 0 Å². The number of hydrogen-bond donors (Lipinski definition) is 0. The van der Waals surface area contributed by atoms with Crippen LogP contribution in [0.15, 0.2) is 48.7 Å². The summed E-state index contributed by atoms with van der Waals surface area (Å²) in [6.45, 7) is 2.73. The van der Waals surface area contributed by atoms with Crippen LogP contribution in [0.3, 0.4) is 0 Å². The first-order valence-corrected chi connectivity index (χ1v) is 6.53. The zero-order valence-electron chi connectivity index (χ0n) is 10.9. The first kappa shape index (κ1) is 11.9. The molecule has 1 aliphatic heterocycles. The molecule has 1 aromatic carbocycles. The highest BCUT2D eigenvalue weighted by molar-refractivity contribution is 5.80. The minimum Gasteiger partial charge on any atom is -0.331 e. The van der Waals surface area contributed by atoms with E-state index in [1.165, 1.54) is 5.56 Å². The molecule has 0 bridgehead atoms. The van der Waals surface area contributed by atoms with Crippen LogP contribution in [-0.2, 0) is 17.8 Å². The van der Waals surface area contributed by atoms with Gasteiger partial charge in [0.25, 0.3) is 0 Å². The maximum absolute atomic E-state index is 12.3. The van der Waals surface area contributed by atoms with Crippen molar-refractivity contribution in [3.63, 3.8) is 0 Å². The van der Waals surface area contributed by atoms with Crippen LogP contribution >= 0.6 is 0 Å². The Bertz CT molecular complexity index is 595. The predicted molar refractivity (Wildman–Crippen MR) is 73.3 cm³/mol. The summed E-state index contributed by atoms with van der Waals surface area (Å²) in [5.41, 5.74) is 3.25. The molecule has 1 atom stereocenters. The predicted octanol–water partition coefficient (Wildman–Crippen LogP) is 2.73. The Morgan fingerprint density at radius 2 is 1.95 bits per heavy atom. The summed E-state index contributed by atoms with van der Waals surface area (Å²) in [5, 5.41) is 0. The van der Waals surface area contributed by atoms with E-state index >= 15 is 0 Å². The number of amides is 1. The maximum Gasteiger partial charge on any atom is 0.229 e. The van der Waals surface area contributed by atoms with Gasteiger partial charge in [-0.1, -0.05) is 36.4 Å². The van der Waals surface area contributed by atoms with Gasteiger partial charge in [0.05, 0.1) is 18.2 Å². The summed E-state index contributed by atoms with van der Waals surface area (Å²) in [4.78, 5) is 18.5. The second-order valence-corrected chi connectivity index (χ2v) is 4.89. The lowest BCUT2D eigenvalue weighted by atomic mass is 10.0. The molecule has 0 radical (unpaired) electrons. The van der Waals surface area contributed by atoms with Crippen LogP contribution < -0.4 is 0 Å². The molecule has 1 unspecified atom stereocenters. The van der Waals surface area contributed by atoms with Crippen LogP contribution in [0.25, 0.3) is 0 Å². The fourth-order valence-corrected chi connectivity index (χ4v) is 2.56. The van der Waals surface area contributed by atoms with Gasteiger partial charge in [-0.15, -0.1) is 0 Å². The smallest absolute Gasteiger partial charge is 0.229 e. The van der Waals surface area contributed by atoms with Crippen molar-refractivity contribution >= 4 is 5.91 Å². The summed E-state index contributed by atoms with van der Waals surface area (Å²) in [7, 11) is 0. The third-order valence-corrected chi connectivity index (χ3v) is 3.71. The highest BCUT2D eigenvalue weighted by Crippen LogP contribution is 2.27. The Balaban J connectivity index is 1.89. The average molecular weight is 252 g/mol. The molecule has 0 aliphatic carbocycles. The Morgan fingerprint density at radius 3 is 2.74 bits per heavy atom. The molecule has 0 fully saturated rings. The lowest BCUT2D eigenvalue weighted by molar-refractivity contribution is -0.134. The fraction of sp³-hybridized carbons (Fsp3) is 0.250. The Kier molecular flexibility index (Phi) is 3.03. The molecule has 0 spiro atoms. The monoisotopic (exact) mass is 252 g/mol. The SMILES string of the molecule is CC(c1ccccc1)N1Cc2cccnc2CC1=O. The number of carbonyl (C=O) groups excluding carboxylic acids is 1. The highest BCUT2D eigenvalue weighted by Gasteiger charge is 2.27. The van der Waals surface area contributed by atoms with Crippen molar-refractivity contribution in [2.45, 2.75) is 25.9 Å². The summed E-state index contributed by atoms with van der Waals surface area (Å²) in [6.07, 6.45) is 2.16. The van der Waals surface area contributed by atoms with Crippen LogP contribution in [-0.4, -0.2) is 15.8 Å². The largest absolute Gasteiger partial charge is 0.331 e. The third kappa shape index (κ3) is 2.24. The fourth-order valence-electron chi connectivity index (χ4n) is 2.56. The van der Waals surface area contributed by atoms with Crippen molar-refractivity contribution in [2.75, 3.05) is 0 Å². The van der Waals surface area contributed by atoms with Crippen LogP contribution in [0, 0.1) is 0 Å². The minimum absolute atomic E-state index is 0.0991. The molecule has 3 heteroatoms. The molecule has 1 amide bonds. The maximum atomic E-state index is 12.3. The molecule has 19 heavy (non-hydrogen) atoms. The first-order chi connectivity index (χ1) is 9.25. The zero-order valence-corrected chi connectivity index (χ0v) is 10.9. The molecule has 0 N–H and O–H groups in total. The molecule has 3 nitrogen and oxygen atoms in total. The Hall–Kier alpha value is -2.16. The van der Waals surface area contributed by atoms with Crippen LogP contribution in [0.1, 0.15) is 29.8 Å². The summed E-state index contributed by atoms with van der Waals surface area (Å²) in [6, 6.07) is 14.2. The molecule has 3 rings (SSSR count). The van der Waals surface area contributed by atoms with E-state index in [0.717, 1.165) is 11.3 Å². The van der Waals surface area contributed by atoms with Crippen molar-refractivity contribution in [1.29, 1.82) is 0 Å². The van der Waals surface area contributed by atoms with Gasteiger partial charge in [0, 0.05) is 12.7 Å². The second kappa shape index (κ2) is 4.84.